The Balaban J connectivity index is 2.55. The second-order valence-corrected chi connectivity index (χ2v) is 5.90. The van der Waals surface area contributed by atoms with Gasteiger partial charge in [-0.1, -0.05) is 28.4 Å². The molecule has 6 nitrogen and oxygen atoms in total. The number of anilines is 1. The molecule has 0 radical (unpaired) electrons. The van der Waals surface area contributed by atoms with E-state index in [1.165, 1.54) is 24.2 Å². The summed E-state index contributed by atoms with van der Waals surface area (Å²) in [6.45, 7) is 1.72. The Kier molecular flexibility index (Phi) is 6.00. The monoisotopic (exact) mass is 405 g/mol. The molecule has 0 saturated carbocycles. The summed E-state index contributed by atoms with van der Waals surface area (Å²) in [6, 6.07) is 3.04. The molecule has 2 rings (SSSR count). The number of rotatable bonds is 5. The number of nitriles is 1. The maximum absolute atomic E-state index is 12.9. The smallest absolute Gasteiger partial charge is 0.399 e. The summed E-state index contributed by atoms with van der Waals surface area (Å²) in [5, 5.41) is 19.3. The molecule has 0 aliphatic carbocycles. The highest BCUT2D eigenvalue weighted by Gasteiger charge is 2.32. The quantitative estimate of drug-likeness (QED) is 0.586. The highest BCUT2D eigenvalue weighted by Crippen LogP contribution is 2.38. The number of hydrogen-bond acceptors (Lipinski definition) is 5. The SMILES string of the molecule is CO/N=C/C(C)Nc1c(C#N)cnn1-c1c(Cl)cc(C(F)(F)F)cc1Cl. The van der Waals surface area contributed by atoms with Crippen molar-refractivity contribution in [1.82, 2.24) is 9.78 Å². The van der Waals surface area contributed by atoms with E-state index < -0.39 is 11.7 Å². The van der Waals surface area contributed by atoms with Gasteiger partial charge in [0.25, 0.3) is 0 Å². The fraction of sp³-hybridized carbons (Fsp3) is 0.267. The molecular formula is C15H12Cl2F3N5O. The van der Waals surface area contributed by atoms with E-state index >= 15 is 0 Å². The number of oxime groups is 1. The lowest BCUT2D eigenvalue weighted by Crippen LogP contribution is -2.20. The zero-order chi connectivity index (χ0) is 19.5. The Hall–Kier alpha value is -2.44. The highest BCUT2D eigenvalue weighted by atomic mass is 35.5. The van der Waals surface area contributed by atoms with Crippen LogP contribution in [-0.4, -0.2) is 29.1 Å². The third-order valence-electron chi connectivity index (χ3n) is 3.20. The number of benzene rings is 1. The van der Waals surface area contributed by atoms with Crippen LogP contribution >= 0.6 is 23.2 Å². The van der Waals surface area contributed by atoms with Crippen LogP contribution in [0, 0.1) is 11.3 Å². The first-order valence-corrected chi connectivity index (χ1v) is 7.82. The lowest BCUT2D eigenvalue weighted by molar-refractivity contribution is -0.137. The van der Waals surface area contributed by atoms with E-state index in [1.54, 1.807) is 6.92 Å². The van der Waals surface area contributed by atoms with Crippen LogP contribution in [0.4, 0.5) is 19.0 Å². The minimum Gasteiger partial charge on any atom is -0.399 e. The molecule has 0 saturated heterocycles. The van der Waals surface area contributed by atoms with Crippen LogP contribution in [0.1, 0.15) is 18.1 Å². The number of nitrogens with one attached hydrogen (secondary N) is 1. The van der Waals surface area contributed by atoms with Crippen molar-refractivity contribution < 1.29 is 18.0 Å². The molecule has 0 spiro atoms. The van der Waals surface area contributed by atoms with E-state index in [0.717, 1.165) is 12.1 Å². The molecule has 2 aromatic rings. The first-order valence-electron chi connectivity index (χ1n) is 7.07. The van der Waals surface area contributed by atoms with Crippen molar-refractivity contribution in [3.05, 3.63) is 39.5 Å². The third-order valence-corrected chi connectivity index (χ3v) is 3.78. The van der Waals surface area contributed by atoms with Gasteiger partial charge >= 0.3 is 6.18 Å². The molecule has 1 aromatic carbocycles. The van der Waals surface area contributed by atoms with E-state index in [9.17, 15) is 18.4 Å². The van der Waals surface area contributed by atoms with Crippen LogP contribution in [0.2, 0.25) is 10.0 Å². The van der Waals surface area contributed by atoms with Gasteiger partial charge in [0.2, 0.25) is 0 Å². The molecular weight excluding hydrogens is 394 g/mol. The van der Waals surface area contributed by atoms with Crippen LogP contribution in [0.15, 0.2) is 23.5 Å². The van der Waals surface area contributed by atoms with Gasteiger partial charge in [-0.3, -0.25) is 0 Å². The van der Waals surface area contributed by atoms with E-state index in [2.05, 4.69) is 20.4 Å². The minimum atomic E-state index is -4.60. The lowest BCUT2D eigenvalue weighted by atomic mass is 10.2. The Morgan fingerprint density at radius 2 is 2.00 bits per heavy atom. The summed E-state index contributed by atoms with van der Waals surface area (Å²) >= 11 is 12.0. The molecule has 0 aliphatic heterocycles. The van der Waals surface area contributed by atoms with Crippen molar-refractivity contribution in [2.75, 3.05) is 12.4 Å². The predicted octanol–water partition coefficient (Wildman–Crippen LogP) is 4.50. The lowest BCUT2D eigenvalue weighted by Gasteiger charge is -2.16. The van der Waals surface area contributed by atoms with Gasteiger partial charge in [0.05, 0.1) is 34.1 Å². The fourth-order valence-electron chi connectivity index (χ4n) is 2.08. The zero-order valence-corrected chi connectivity index (χ0v) is 15.0. The average molecular weight is 406 g/mol. The van der Waals surface area contributed by atoms with Gasteiger partial charge in [0.15, 0.2) is 0 Å². The maximum Gasteiger partial charge on any atom is 0.416 e. The zero-order valence-electron chi connectivity index (χ0n) is 13.5. The van der Waals surface area contributed by atoms with Crippen LogP contribution in [-0.2, 0) is 11.0 Å². The normalized spacial score (nSPS) is 12.8. The third kappa shape index (κ3) is 4.20. The topological polar surface area (TPSA) is 75.2 Å². The molecule has 1 aromatic heterocycles. The average Bonchev–Trinajstić information content (AvgIpc) is 2.94. The molecule has 0 amide bonds. The number of halogens is 5. The number of nitrogens with zero attached hydrogens (tertiary/aromatic N) is 4. The van der Waals surface area contributed by atoms with Gasteiger partial charge in [-0.05, 0) is 19.1 Å². The molecule has 1 N–H and O–H groups in total. The molecule has 0 fully saturated rings. The highest BCUT2D eigenvalue weighted by molar-refractivity contribution is 6.38. The van der Waals surface area contributed by atoms with Crippen molar-refractivity contribution >= 4 is 35.2 Å². The maximum atomic E-state index is 12.9. The molecule has 11 heteroatoms. The molecule has 138 valence electrons. The number of hydrogen-bond donors (Lipinski definition) is 1. The van der Waals surface area contributed by atoms with Crippen molar-refractivity contribution in [3.63, 3.8) is 0 Å². The summed E-state index contributed by atoms with van der Waals surface area (Å²) in [5.74, 6) is 0.200. The second kappa shape index (κ2) is 7.85. The summed E-state index contributed by atoms with van der Waals surface area (Å²) in [6.07, 6.45) is -1.93. The van der Waals surface area contributed by atoms with Gasteiger partial charge in [0.1, 0.15) is 30.2 Å². The Morgan fingerprint density at radius 3 is 2.50 bits per heavy atom. The fourth-order valence-corrected chi connectivity index (χ4v) is 2.72. The van der Waals surface area contributed by atoms with Crippen LogP contribution in [0.5, 0.6) is 0 Å². The molecule has 0 aliphatic rings. The van der Waals surface area contributed by atoms with Gasteiger partial charge < -0.3 is 10.2 Å². The Morgan fingerprint density at radius 1 is 1.38 bits per heavy atom. The standard InChI is InChI=1S/C15H12Cl2F3N5O/c1-8(6-23-26-2)24-14-9(5-21)7-22-25(14)13-11(16)3-10(4-12(13)17)15(18,19)20/h3-4,6-8,24H,1-2H3/b23-6+. The van der Waals surface area contributed by atoms with Gasteiger partial charge in [-0.25, -0.2) is 4.68 Å². The number of alkyl halides is 3. The molecule has 0 bridgehead atoms. The van der Waals surface area contributed by atoms with Crippen LogP contribution in [0.25, 0.3) is 5.69 Å². The number of aromatic nitrogens is 2. The van der Waals surface area contributed by atoms with E-state index in [4.69, 9.17) is 23.2 Å². The van der Waals surface area contributed by atoms with E-state index in [1.807, 2.05) is 6.07 Å². The van der Waals surface area contributed by atoms with Gasteiger partial charge in [0, 0.05) is 0 Å². The summed E-state index contributed by atoms with van der Waals surface area (Å²) in [7, 11) is 1.37. The van der Waals surface area contributed by atoms with Crippen LogP contribution in [0.3, 0.4) is 0 Å². The van der Waals surface area contributed by atoms with Crippen LogP contribution < -0.4 is 5.32 Å². The molecule has 1 atom stereocenters. The largest absolute Gasteiger partial charge is 0.416 e. The van der Waals surface area contributed by atoms with E-state index in [-0.39, 0.29) is 33.2 Å². The second-order valence-electron chi connectivity index (χ2n) is 5.09. The van der Waals surface area contributed by atoms with Crippen molar-refractivity contribution in [1.29, 1.82) is 5.26 Å². The Labute approximate surface area is 156 Å². The molecule has 1 heterocycles. The molecule has 26 heavy (non-hydrogen) atoms. The first-order chi connectivity index (χ1) is 12.2. The summed E-state index contributed by atoms with van der Waals surface area (Å²) in [5.41, 5.74) is -0.824. The first kappa shape index (κ1) is 19.9. The van der Waals surface area contributed by atoms with Crippen molar-refractivity contribution in [2.24, 2.45) is 5.16 Å². The Bertz CT molecular complexity index is 850. The van der Waals surface area contributed by atoms with Crippen molar-refractivity contribution in [3.8, 4) is 11.8 Å². The van der Waals surface area contributed by atoms with Gasteiger partial charge in [-0.15, -0.1) is 0 Å². The minimum absolute atomic E-state index is 0.0150. The molecule has 1 unspecified atom stereocenters. The van der Waals surface area contributed by atoms with Gasteiger partial charge in [-0.2, -0.15) is 23.5 Å². The summed E-state index contributed by atoms with van der Waals surface area (Å²) in [4.78, 5) is 4.58. The van der Waals surface area contributed by atoms with E-state index in [0.29, 0.717) is 0 Å². The van der Waals surface area contributed by atoms with Crippen molar-refractivity contribution in [2.45, 2.75) is 19.1 Å². The predicted molar refractivity (Wildman–Crippen MR) is 91.9 cm³/mol. The summed E-state index contributed by atoms with van der Waals surface area (Å²) < 4.78 is 39.8.